The van der Waals surface area contributed by atoms with Crippen LogP contribution in [0.1, 0.15) is 26.2 Å². The van der Waals surface area contributed by atoms with Crippen LogP contribution >= 0.6 is 0 Å². The minimum Gasteiger partial charge on any atom is -0.369 e. The summed E-state index contributed by atoms with van der Waals surface area (Å²) in [5, 5.41) is 3.31. The van der Waals surface area contributed by atoms with E-state index in [1.54, 1.807) is 0 Å². The Kier molecular flexibility index (Phi) is 4.22. The summed E-state index contributed by atoms with van der Waals surface area (Å²) >= 11 is 0. The van der Waals surface area contributed by atoms with Gasteiger partial charge in [0.15, 0.2) is 0 Å². The molecule has 2 amide bonds. The van der Waals surface area contributed by atoms with Crippen molar-refractivity contribution < 1.29 is 9.59 Å². The average molecular weight is 253 g/mol. The second-order valence-electron chi connectivity index (χ2n) is 5.70. The van der Waals surface area contributed by atoms with Crippen LogP contribution in [0.3, 0.4) is 0 Å². The molecule has 0 radical (unpaired) electrons. The number of piperidine rings is 2. The SMILES string of the molecule is CC1CNCC(C(=O)N2CCC(C(N)=O)CC2)C1. The summed E-state index contributed by atoms with van der Waals surface area (Å²) in [5.41, 5.74) is 5.30. The van der Waals surface area contributed by atoms with Crippen molar-refractivity contribution in [1.82, 2.24) is 10.2 Å². The van der Waals surface area contributed by atoms with E-state index in [1.807, 2.05) is 4.90 Å². The molecule has 5 heteroatoms. The Balaban J connectivity index is 1.85. The number of carbonyl (C=O) groups is 2. The molecule has 3 N–H and O–H groups in total. The number of nitrogens with one attached hydrogen (secondary N) is 1. The Morgan fingerprint density at radius 1 is 1.17 bits per heavy atom. The number of nitrogens with two attached hydrogens (primary N) is 1. The van der Waals surface area contributed by atoms with Crippen molar-refractivity contribution in [3.8, 4) is 0 Å². The number of hydrogen-bond acceptors (Lipinski definition) is 3. The van der Waals surface area contributed by atoms with Crippen LogP contribution in [-0.2, 0) is 9.59 Å². The molecule has 0 bridgehead atoms. The number of rotatable bonds is 2. The maximum Gasteiger partial charge on any atom is 0.226 e. The van der Waals surface area contributed by atoms with Crippen LogP contribution in [0.25, 0.3) is 0 Å². The highest BCUT2D eigenvalue weighted by Crippen LogP contribution is 2.22. The molecule has 0 spiro atoms. The molecule has 2 aliphatic heterocycles. The largest absolute Gasteiger partial charge is 0.369 e. The van der Waals surface area contributed by atoms with E-state index in [1.165, 1.54) is 0 Å². The summed E-state index contributed by atoms with van der Waals surface area (Å²) in [4.78, 5) is 25.3. The van der Waals surface area contributed by atoms with Gasteiger partial charge in [-0.3, -0.25) is 9.59 Å². The quantitative estimate of drug-likeness (QED) is 0.725. The highest BCUT2D eigenvalue weighted by Gasteiger charge is 2.31. The van der Waals surface area contributed by atoms with Gasteiger partial charge < -0.3 is 16.0 Å². The van der Waals surface area contributed by atoms with Gasteiger partial charge in [-0.25, -0.2) is 0 Å². The fraction of sp³-hybridized carbons (Fsp3) is 0.846. The Bertz CT molecular complexity index is 324. The fourth-order valence-corrected chi connectivity index (χ4v) is 2.99. The molecule has 0 aromatic rings. The predicted molar refractivity (Wildman–Crippen MR) is 68.6 cm³/mol. The molecule has 0 aliphatic carbocycles. The summed E-state index contributed by atoms with van der Waals surface area (Å²) in [7, 11) is 0. The van der Waals surface area contributed by atoms with Crippen LogP contribution in [0.5, 0.6) is 0 Å². The van der Waals surface area contributed by atoms with E-state index in [0.29, 0.717) is 19.0 Å². The second kappa shape index (κ2) is 5.69. The Hall–Kier alpha value is -1.10. The zero-order valence-corrected chi connectivity index (χ0v) is 11.0. The van der Waals surface area contributed by atoms with E-state index in [0.717, 1.165) is 32.4 Å². The van der Waals surface area contributed by atoms with Gasteiger partial charge in [-0.1, -0.05) is 6.92 Å². The van der Waals surface area contributed by atoms with Crippen molar-refractivity contribution >= 4 is 11.8 Å². The van der Waals surface area contributed by atoms with Crippen molar-refractivity contribution in [3.05, 3.63) is 0 Å². The molecule has 2 saturated heterocycles. The first-order chi connectivity index (χ1) is 8.58. The van der Waals surface area contributed by atoms with Crippen LogP contribution in [0.15, 0.2) is 0 Å². The zero-order valence-electron chi connectivity index (χ0n) is 11.0. The molecule has 0 aromatic heterocycles. The van der Waals surface area contributed by atoms with E-state index in [9.17, 15) is 9.59 Å². The fourth-order valence-electron chi connectivity index (χ4n) is 2.99. The van der Waals surface area contributed by atoms with Gasteiger partial charge in [-0.15, -0.1) is 0 Å². The third-order valence-corrected chi connectivity index (χ3v) is 4.13. The molecule has 2 unspecified atom stereocenters. The Morgan fingerprint density at radius 3 is 2.39 bits per heavy atom. The molecule has 102 valence electrons. The maximum absolute atomic E-state index is 12.3. The summed E-state index contributed by atoms with van der Waals surface area (Å²) < 4.78 is 0. The van der Waals surface area contributed by atoms with E-state index >= 15 is 0 Å². The van der Waals surface area contributed by atoms with Crippen LogP contribution in [0.4, 0.5) is 0 Å². The molecule has 18 heavy (non-hydrogen) atoms. The molecule has 2 aliphatic rings. The van der Waals surface area contributed by atoms with Crippen molar-refractivity contribution in [1.29, 1.82) is 0 Å². The van der Waals surface area contributed by atoms with E-state index in [2.05, 4.69) is 12.2 Å². The van der Waals surface area contributed by atoms with Crippen molar-refractivity contribution in [2.75, 3.05) is 26.2 Å². The Labute approximate surface area is 108 Å². The molecule has 2 atom stereocenters. The maximum atomic E-state index is 12.3. The predicted octanol–water partition coefficient (Wildman–Crippen LogP) is -0.0441. The first-order valence-electron chi connectivity index (χ1n) is 6.86. The summed E-state index contributed by atoms with van der Waals surface area (Å²) in [6, 6.07) is 0. The second-order valence-corrected chi connectivity index (χ2v) is 5.70. The molecule has 0 aromatic carbocycles. The van der Waals surface area contributed by atoms with Crippen molar-refractivity contribution in [3.63, 3.8) is 0 Å². The third kappa shape index (κ3) is 3.02. The number of nitrogens with zero attached hydrogens (tertiary/aromatic N) is 1. The van der Waals surface area contributed by atoms with Crippen LogP contribution < -0.4 is 11.1 Å². The van der Waals surface area contributed by atoms with Gasteiger partial charge in [0, 0.05) is 25.6 Å². The van der Waals surface area contributed by atoms with Crippen LogP contribution in [0, 0.1) is 17.8 Å². The van der Waals surface area contributed by atoms with Gasteiger partial charge in [-0.05, 0) is 31.7 Å². The first-order valence-corrected chi connectivity index (χ1v) is 6.86. The van der Waals surface area contributed by atoms with Gasteiger partial charge in [0.05, 0.1) is 5.92 Å². The topological polar surface area (TPSA) is 75.4 Å². The first kappa shape index (κ1) is 13.3. The molecule has 2 fully saturated rings. The van der Waals surface area contributed by atoms with E-state index in [-0.39, 0.29) is 23.7 Å². The van der Waals surface area contributed by atoms with Gasteiger partial charge in [0.25, 0.3) is 0 Å². The molecule has 5 nitrogen and oxygen atoms in total. The standard InChI is InChI=1S/C13H23N3O2/c1-9-6-11(8-15-7-9)13(18)16-4-2-10(3-5-16)12(14)17/h9-11,15H,2-8H2,1H3,(H2,14,17). The monoisotopic (exact) mass is 253 g/mol. The normalized spacial score (nSPS) is 30.2. The lowest BCUT2D eigenvalue weighted by Crippen LogP contribution is -2.48. The lowest BCUT2D eigenvalue weighted by Gasteiger charge is -2.35. The lowest BCUT2D eigenvalue weighted by atomic mass is 9.89. The van der Waals surface area contributed by atoms with Gasteiger partial charge in [-0.2, -0.15) is 0 Å². The highest BCUT2D eigenvalue weighted by atomic mass is 16.2. The van der Waals surface area contributed by atoms with Crippen molar-refractivity contribution in [2.24, 2.45) is 23.5 Å². The number of likely N-dealkylation sites (tertiary alicyclic amines) is 1. The summed E-state index contributed by atoms with van der Waals surface area (Å²) in [6.45, 7) is 5.33. The van der Waals surface area contributed by atoms with Crippen LogP contribution in [-0.4, -0.2) is 42.9 Å². The molecule has 2 heterocycles. The average Bonchev–Trinajstić information content (AvgIpc) is 2.38. The van der Waals surface area contributed by atoms with Gasteiger partial charge in [0.2, 0.25) is 11.8 Å². The zero-order chi connectivity index (χ0) is 13.1. The van der Waals surface area contributed by atoms with Crippen LogP contribution in [0.2, 0.25) is 0 Å². The number of primary amides is 1. The Morgan fingerprint density at radius 2 is 1.83 bits per heavy atom. The minimum absolute atomic E-state index is 0.0440. The smallest absolute Gasteiger partial charge is 0.226 e. The van der Waals surface area contributed by atoms with E-state index in [4.69, 9.17) is 5.73 Å². The van der Waals surface area contributed by atoms with Gasteiger partial charge in [0.1, 0.15) is 0 Å². The molecular weight excluding hydrogens is 230 g/mol. The van der Waals surface area contributed by atoms with Gasteiger partial charge >= 0.3 is 0 Å². The molecule has 2 rings (SSSR count). The minimum atomic E-state index is -0.227. The lowest BCUT2D eigenvalue weighted by molar-refractivity contribution is -0.139. The summed E-state index contributed by atoms with van der Waals surface area (Å²) in [5.74, 6) is 0.652. The van der Waals surface area contributed by atoms with E-state index < -0.39 is 0 Å². The molecular formula is C13H23N3O2. The van der Waals surface area contributed by atoms with Crippen molar-refractivity contribution in [2.45, 2.75) is 26.2 Å². The number of amides is 2. The highest BCUT2D eigenvalue weighted by molar-refractivity contribution is 5.80. The number of carbonyl (C=O) groups excluding carboxylic acids is 2. The summed E-state index contributed by atoms with van der Waals surface area (Å²) in [6.07, 6.45) is 2.41. The molecule has 0 saturated carbocycles. The number of hydrogen-bond donors (Lipinski definition) is 2. The third-order valence-electron chi connectivity index (χ3n) is 4.13.